The van der Waals surface area contributed by atoms with Crippen molar-refractivity contribution in [3.05, 3.63) is 29.8 Å². The Balaban J connectivity index is 1.72. The van der Waals surface area contributed by atoms with E-state index >= 15 is 0 Å². The van der Waals surface area contributed by atoms with Gasteiger partial charge in [-0.3, -0.25) is 10.2 Å². The summed E-state index contributed by atoms with van der Waals surface area (Å²) in [5.74, 6) is 5.75. The van der Waals surface area contributed by atoms with Crippen LogP contribution in [0.1, 0.15) is 16.8 Å². The zero-order valence-electron chi connectivity index (χ0n) is 11.3. The van der Waals surface area contributed by atoms with E-state index in [1.807, 2.05) is 0 Å². The van der Waals surface area contributed by atoms with Gasteiger partial charge in [0.2, 0.25) is 0 Å². The van der Waals surface area contributed by atoms with Crippen molar-refractivity contribution in [1.29, 1.82) is 0 Å². The fraction of sp³-hybridized carbons (Fsp3) is 0.500. The van der Waals surface area contributed by atoms with Crippen LogP contribution >= 0.6 is 0 Å². The predicted octanol–water partition coefficient (Wildman–Crippen LogP) is 0.722. The molecule has 1 aromatic carbocycles. The van der Waals surface area contributed by atoms with Crippen LogP contribution in [0.25, 0.3) is 0 Å². The van der Waals surface area contributed by atoms with E-state index < -0.39 is 0 Å². The monoisotopic (exact) mass is 280 g/mol. The summed E-state index contributed by atoms with van der Waals surface area (Å²) in [7, 11) is 0. The number of nitrogen functional groups attached to an aromatic ring is 1. The van der Waals surface area contributed by atoms with Gasteiger partial charge in [0.1, 0.15) is 12.4 Å². The summed E-state index contributed by atoms with van der Waals surface area (Å²) >= 11 is 0. The third-order valence-corrected chi connectivity index (χ3v) is 3.13. The Morgan fingerprint density at radius 2 is 2.25 bits per heavy atom. The number of hydrazine groups is 1. The van der Waals surface area contributed by atoms with Crippen LogP contribution in [0.4, 0.5) is 0 Å². The predicted molar refractivity (Wildman–Crippen MR) is 73.3 cm³/mol. The van der Waals surface area contributed by atoms with E-state index in [2.05, 4.69) is 5.43 Å². The van der Waals surface area contributed by atoms with E-state index in [-0.39, 0.29) is 5.91 Å². The number of nitrogens with one attached hydrogen (secondary N) is 1. The van der Waals surface area contributed by atoms with E-state index in [1.165, 1.54) is 0 Å². The second-order valence-corrected chi connectivity index (χ2v) is 4.62. The van der Waals surface area contributed by atoms with Crippen LogP contribution in [-0.2, 0) is 9.47 Å². The summed E-state index contributed by atoms with van der Waals surface area (Å²) in [4.78, 5) is 11.5. The molecule has 110 valence electrons. The van der Waals surface area contributed by atoms with Crippen molar-refractivity contribution < 1.29 is 19.0 Å². The second-order valence-electron chi connectivity index (χ2n) is 4.62. The molecule has 0 bridgehead atoms. The molecule has 1 fully saturated rings. The van der Waals surface area contributed by atoms with Crippen molar-refractivity contribution in [3.63, 3.8) is 0 Å². The molecule has 1 atom stereocenters. The lowest BCUT2D eigenvalue weighted by atomic mass is 10.1. The zero-order chi connectivity index (χ0) is 14.2. The Morgan fingerprint density at radius 1 is 1.40 bits per heavy atom. The number of carbonyl (C=O) groups is 1. The molecule has 0 aliphatic carbocycles. The highest BCUT2D eigenvalue weighted by molar-refractivity contribution is 5.96. The second kappa shape index (κ2) is 7.84. The lowest BCUT2D eigenvalue weighted by Gasteiger charge is -2.12. The lowest BCUT2D eigenvalue weighted by molar-refractivity contribution is 0.0678. The molecule has 0 aromatic heterocycles. The van der Waals surface area contributed by atoms with Gasteiger partial charge >= 0.3 is 0 Å². The van der Waals surface area contributed by atoms with E-state index in [4.69, 9.17) is 20.1 Å². The molecule has 3 N–H and O–H groups in total. The number of amides is 1. The lowest BCUT2D eigenvalue weighted by Crippen LogP contribution is -2.30. The highest BCUT2D eigenvalue weighted by Gasteiger charge is 2.15. The smallest absolute Gasteiger partial charge is 0.268 e. The first-order valence-electron chi connectivity index (χ1n) is 6.69. The van der Waals surface area contributed by atoms with Crippen LogP contribution in [0.5, 0.6) is 5.75 Å². The normalized spacial score (nSPS) is 17.9. The Morgan fingerprint density at radius 3 is 3.00 bits per heavy atom. The first-order chi connectivity index (χ1) is 9.81. The average Bonchev–Trinajstić information content (AvgIpc) is 3.00. The molecule has 0 spiro atoms. The van der Waals surface area contributed by atoms with Crippen LogP contribution in [0.2, 0.25) is 0 Å². The van der Waals surface area contributed by atoms with Crippen molar-refractivity contribution >= 4 is 5.91 Å². The van der Waals surface area contributed by atoms with Crippen LogP contribution in [-0.4, -0.2) is 38.9 Å². The first-order valence-corrected chi connectivity index (χ1v) is 6.69. The quantitative estimate of drug-likeness (QED) is 0.333. The van der Waals surface area contributed by atoms with E-state index in [9.17, 15) is 4.79 Å². The molecule has 1 amide bonds. The van der Waals surface area contributed by atoms with Crippen LogP contribution in [0.15, 0.2) is 24.3 Å². The van der Waals surface area contributed by atoms with E-state index in [0.29, 0.717) is 37.1 Å². The van der Waals surface area contributed by atoms with Gasteiger partial charge in [-0.15, -0.1) is 0 Å². The molecule has 1 saturated heterocycles. The van der Waals surface area contributed by atoms with Gasteiger partial charge in [0.15, 0.2) is 0 Å². The summed E-state index contributed by atoms with van der Waals surface area (Å²) in [5, 5.41) is 0. The molecule has 2 rings (SSSR count). The fourth-order valence-corrected chi connectivity index (χ4v) is 2.03. The molecule has 1 aliphatic rings. The summed E-state index contributed by atoms with van der Waals surface area (Å²) in [6, 6.07) is 6.96. The van der Waals surface area contributed by atoms with Crippen LogP contribution < -0.4 is 16.0 Å². The molecule has 6 heteroatoms. The zero-order valence-corrected chi connectivity index (χ0v) is 11.3. The topological polar surface area (TPSA) is 82.8 Å². The molecular weight excluding hydrogens is 260 g/mol. The van der Waals surface area contributed by atoms with Gasteiger partial charge in [0, 0.05) is 12.5 Å². The highest BCUT2D eigenvalue weighted by atomic mass is 16.5. The number of carbonyl (C=O) groups excluding carboxylic acids is 1. The largest absolute Gasteiger partial charge is 0.490 e. The third kappa shape index (κ3) is 4.19. The molecule has 20 heavy (non-hydrogen) atoms. The maximum Gasteiger partial charge on any atom is 0.268 e. The van der Waals surface area contributed by atoms with Crippen molar-refractivity contribution in [2.45, 2.75) is 6.42 Å². The third-order valence-electron chi connectivity index (χ3n) is 3.13. The van der Waals surface area contributed by atoms with Crippen molar-refractivity contribution in [2.24, 2.45) is 11.8 Å². The van der Waals surface area contributed by atoms with Crippen molar-refractivity contribution in [3.8, 4) is 5.75 Å². The van der Waals surface area contributed by atoms with Gasteiger partial charge in [0.05, 0.1) is 25.4 Å². The number of hydrogen-bond acceptors (Lipinski definition) is 5. The SMILES string of the molecule is NNC(=O)c1ccccc1OCCOCC1CCOC1. The molecule has 0 saturated carbocycles. The van der Waals surface area contributed by atoms with E-state index in [1.54, 1.807) is 24.3 Å². The molecule has 1 aliphatic heterocycles. The minimum atomic E-state index is -0.371. The number of nitrogens with two attached hydrogens (primary N) is 1. The standard InChI is InChI=1S/C14H20N2O4/c15-16-14(17)12-3-1-2-4-13(12)20-8-7-19-10-11-5-6-18-9-11/h1-4,11H,5-10,15H2,(H,16,17). The Labute approximate surface area is 118 Å². The minimum absolute atomic E-state index is 0.371. The van der Waals surface area contributed by atoms with E-state index in [0.717, 1.165) is 19.6 Å². The molecular formula is C14H20N2O4. The van der Waals surface area contributed by atoms with Crippen LogP contribution in [0, 0.1) is 5.92 Å². The molecule has 1 heterocycles. The summed E-state index contributed by atoms with van der Waals surface area (Å²) < 4.78 is 16.4. The number of para-hydroxylation sites is 1. The Bertz CT molecular complexity index is 433. The molecule has 6 nitrogen and oxygen atoms in total. The van der Waals surface area contributed by atoms with Gasteiger partial charge < -0.3 is 14.2 Å². The highest BCUT2D eigenvalue weighted by Crippen LogP contribution is 2.17. The van der Waals surface area contributed by atoms with Gasteiger partial charge in [-0.2, -0.15) is 0 Å². The Hall–Kier alpha value is -1.63. The molecule has 0 radical (unpaired) electrons. The average molecular weight is 280 g/mol. The minimum Gasteiger partial charge on any atom is -0.490 e. The van der Waals surface area contributed by atoms with Gasteiger partial charge in [-0.05, 0) is 18.6 Å². The van der Waals surface area contributed by atoms with Gasteiger partial charge in [-0.1, -0.05) is 12.1 Å². The molecule has 1 unspecified atom stereocenters. The van der Waals surface area contributed by atoms with Crippen LogP contribution in [0.3, 0.4) is 0 Å². The van der Waals surface area contributed by atoms with Crippen molar-refractivity contribution in [2.75, 3.05) is 33.0 Å². The molecule has 1 aromatic rings. The maximum absolute atomic E-state index is 11.5. The first kappa shape index (κ1) is 14.8. The fourth-order valence-electron chi connectivity index (χ4n) is 2.03. The Kier molecular flexibility index (Phi) is 5.79. The maximum atomic E-state index is 11.5. The van der Waals surface area contributed by atoms with Gasteiger partial charge in [-0.25, -0.2) is 5.84 Å². The number of benzene rings is 1. The summed E-state index contributed by atoms with van der Waals surface area (Å²) in [6.45, 7) is 3.16. The van der Waals surface area contributed by atoms with Gasteiger partial charge in [0.25, 0.3) is 5.91 Å². The number of rotatable bonds is 7. The summed E-state index contributed by atoms with van der Waals surface area (Å²) in [5.41, 5.74) is 2.51. The number of ether oxygens (including phenoxy) is 3. The summed E-state index contributed by atoms with van der Waals surface area (Å²) in [6.07, 6.45) is 1.06. The van der Waals surface area contributed by atoms with Crippen molar-refractivity contribution in [1.82, 2.24) is 5.43 Å². The number of hydrogen-bond donors (Lipinski definition) is 2.